The van der Waals surface area contributed by atoms with E-state index in [0.29, 0.717) is 13.0 Å². The Labute approximate surface area is 123 Å². The summed E-state index contributed by atoms with van der Waals surface area (Å²) in [5.74, 6) is -0.772. The van der Waals surface area contributed by atoms with Gasteiger partial charge < -0.3 is 9.67 Å². The van der Waals surface area contributed by atoms with E-state index < -0.39 is 12.0 Å². The van der Waals surface area contributed by atoms with Crippen molar-refractivity contribution in [2.45, 2.75) is 32.5 Å². The Morgan fingerprint density at radius 1 is 1.48 bits per heavy atom. The summed E-state index contributed by atoms with van der Waals surface area (Å²) in [6.07, 6.45) is 2.33. The van der Waals surface area contributed by atoms with Crippen LogP contribution in [0.5, 0.6) is 0 Å². The van der Waals surface area contributed by atoms with Gasteiger partial charge in [0.2, 0.25) is 0 Å². The predicted molar refractivity (Wildman–Crippen MR) is 79.1 cm³/mol. The maximum absolute atomic E-state index is 11.3. The van der Waals surface area contributed by atoms with Gasteiger partial charge in [0.1, 0.15) is 6.04 Å². The first-order chi connectivity index (χ1) is 10.0. The molecular formula is C16H19N3O2. The Morgan fingerprint density at radius 3 is 3.00 bits per heavy atom. The zero-order chi connectivity index (χ0) is 15.0. The lowest BCUT2D eigenvalue weighted by Gasteiger charge is -2.29. The molecule has 1 aliphatic rings. The van der Waals surface area contributed by atoms with Gasteiger partial charge in [0.05, 0.1) is 12.0 Å². The molecule has 2 heterocycles. The van der Waals surface area contributed by atoms with E-state index in [4.69, 9.17) is 0 Å². The molecule has 0 unspecified atom stereocenters. The first kappa shape index (κ1) is 13.8. The zero-order valence-electron chi connectivity index (χ0n) is 12.3. The van der Waals surface area contributed by atoms with Crippen LogP contribution in [0.2, 0.25) is 0 Å². The fraction of sp³-hybridized carbons (Fsp3) is 0.375. The summed E-state index contributed by atoms with van der Waals surface area (Å²) < 4.78 is 2.08. The van der Waals surface area contributed by atoms with E-state index in [-0.39, 0.29) is 0 Å². The van der Waals surface area contributed by atoms with Crippen LogP contribution in [-0.2, 0) is 24.3 Å². The van der Waals surface area contributed by atoms with E-state index in [9.17, 15) is 9.90 Å². The normalized spacial score (nSPS) is 18.5. The van der Waals surface area contributed by atoms with Crippen LogP contribution in [0, 0.1) is 6.92 Å². The highest BCUT2D eigenvalue weighted by atomic mass is 16.4. The second-order valence-electron chi connectivity index (χ2n) is 5.73. The Morgan fingerprint density at radius 2 is 2.29 bits per heavy atom. The predicted octanol–water partition coefficient (Wildman–Crippen LogP) is 1.68. The van der Waals surface area contributed by atoms with Crippen LogP contribution < -0.4 is 0 Å². The van der Waals surface area contributed by atoms with Gasteiger partial charge in [0.25, 0.3) is 0 Å². The van der Waals surface area contributed by atoms with Gasteiger partial charge in [-0.15, -0.1) is 0 Å². The first-order valence-corrected chi connectivity index (χ1v) is 7.06. The highest BCUT2D eigenvalue weighted by molar-refractivity contribution is 5.74. The summed E-state index contributed by atoms with van der Waals surface area (Å²) in [7, 11) is 1.83. The molecule has 110 valence electrons. The van der Waals surface area contributed by atoms with Gasteiger partial charge in [-0.2, -0.15) is 0 Å². The van der Waals surface area contributed by atoms with Crippen molar-refractivity contribution in [2.75, 3.05) is 7.05 Å². The number of nitrogens with zero attached hydrogens (tertiary/aromatic N) is 3. The molecule has 1 aliphatic heterocycles. The third kappa shape index (κ3) is 2.69. The van der Waals surface area contributed by atoms with Gasteiger partial charge in [-0.05, 0) is 19.5 Å². The van der Waals surface area contributed by atoms with Crippen molar-refractivity contribution < 1.29 is 9.90 Å². The van der Waals surface area contributed by atoms with Crippen LogP contribution in [0.25, 0.3) is 0 Å². The van der Waals surface area contributed by atoms with Crippen LogP contribution >= 0.6 is 0 Å². The number of hydrogen-bond donors (Lipinski definition) is 1. The number of carboxylic acid groups (broad SMARTS) is 1. The molecule has 0 amide bonds. The van der Waals surface area contributed by atoms with E-state index in [1.54, 1.807) is 0 Å². The van der Waals surface area contributed by atoms with Gasteiger partial charge in [0, 0.05) is 25.2 Å². The monoisotopic (exact) mass is 285 g/mol. The third-order valence-corrected chi connectivity index (χ3v) is 4.07. The lowest BCUT2D eigenvalue weighted by atomic mass is 10.0. The minimum atomic E-state index is -0.772. The number of benzene rings is 1. The molecule has 1 aromatic heterocycles. The molecule has 0 aliphatic carbocycles. The van der Waals surface area contributed by atoms with Gasteiger partial charge in [0.15, 0.2) is 0 Å². The van der Waals surface area contributed by atoms with E-state index in [2.05, 4.69) is 34.7 Å². The summed E-state index contributed by atoms with van der Waals surface area (Å²) >= 11 is 0. The van der Waals surface area contributed by atoms with Gasteiger partial charge >= 0.3 is 5.97 Å². The fourth-order valence-electron chi connectivity index (χ4n) is 2.92. The quantitative estimate of drug-likeness (QED) is 0.932. The van der Waals surface area contributed by atoms with Gasteiger partial charge in [-0.3, -0.25) is 9.69 Å². The molecule has 5 heteroatoms. The summed E-state index contributed by atoms with van der Waals surface area (Å²) in [6, 6.07) is 7.88. The first-order valence-electron chi connectivity index (χ1n) is 7.06. The maximum atomic E-state index is 11.3. The number of carboxylic acids is 1. The number of likely N-dealkylation sites (N-methyl/N-ethyl adjacent to an activating group) is 1. The van der Waals surface area contributed by atoms with Crippen LogP contribution in [0.15, 0.2) is 30.6 Å². The Hall–Kier alpha value is -2.14. The van der Waals surface area contributed by atoms with Crippen molar-refractivity contribution in [1.82, 2.24) is 14.5 Å². The Bertz CT molecular complexity index is 678. The van der Waals surface area contributed by atoms with Gasteiger partial charge in [-0.1, -0.05) is 29.8 Å². The smallest absolute Gasteiger partial charge is 0.321 e. The molecule has 5 nitrogen and oxygen atoms in total. The topological polar surface area (TPSA) is 58.4 Å². The molecule has 2 aromatic rings. The molecule has 0 saturated heterocycles. The van der Waals surface area contributed by atoms with Crippen LogP contribution in [-0.4, -0.2) is 38.6 Å². The second kappa shape index (κ2) is 5.33. The van der Waals surface area contributed by atoms with Crippen LogP contribution in [0.1, 0.15) is 22.5 Å². The molecule has 21 heavy (non-hydrogen) atoms. The molecule has 1 aromatic carbocycles. The lowest BCUT2D eigenvalue weighted by molar-refractivity contribution is -0.143. The Balaban J connectivity index is 1.88. The van der Waals surface area contributed by atoms with Crippen LogP contribution in [0.4, 0.5) is 0 Å². The Kier molecular flexibility index (Phi) is 3.51. The second-order valence-corrected chi connectivity index (χ2v) is 5.73. The average Bonchev–Trinajstić information content (AvgIpc) is 2.80. The summed E-state index contributed by atoms with van der Waals surface area (Å²) in [5, 5.41) is 9.32. The number of hydrogen-bond acceptors (Lipinski definition) is 3. The maximum Gasteiger partial charge on any atom is 0.321 e. The van der Waals surface area contributed by atoms with Gasteiger partial charge in [-0.25, -0.2) is 4.98 Å². The van der Waals surface area contributed by atoms with E-state index in [0.717, 1.165) is 17.9 Å². The molecule has 3 rings (SSSR count). The number of aryl methyl sites for hydroxylation is 1. The molecule has 1 N–H and O–H groups in total. The average molecular weight is 285 g/mol. The van der Waals surface area contributed by atoms with Crippen molar-refractivity contribution in [2.24, 2.45) is 0 Å². The van der Waals surface area contributed by atoms with Crippen molar-refractivity contribution in [3.8, 4) is 0 Å². The highest BCUT2D eigenvalue weighted by Gasteiger charge is 2.31. The van der Waals surface area contributed by atoms with E-state index >= 15 is 0 Å². The zero-order valence-corrected chi connectivity index (χ0v) is 12.3. The molecule has 0 bridgehead atoms. The number of aliphatic carboxylic acids is 1. The summed E-state index contributed by atoms with van der Waals surface area (Å²) in [6.45, 7) is 3.40. The number of imidazole rings is 1. The largest absolute Gasteiger partial charge is 0.480 e. The minimum absolute atomic E-state index is 0.467. The van der Waals surface area contributed by atoms with Crippen molar-refractivity contribution in [3.05, 3.63) is 53.1 Å². The molecule has 0 spiro atoms. The fourth-order valence-corrected chi connectivity index (χ4v) is 2.92. The number of fused-ring (bicyclic) bond motifs is 1. The highest BCUT2D eigenvalue weighted by Crippen LogP contribution is 2.22. The third-order valence-electron chi connectivity index (χ3n) is 4.07. The summed E-state index contributed by atoms with van der Waals surface area (Å²) in [5.41, 5.74) is 4.47. The van der Waals surface area contributed by atoms with Crippen LogP contribution in [0.3, 0.4) is 0 Å². The SMILES string of the molecule is Cc1cccc(Cn2cnc3c2C[C@@H](C(=O)O)N(C)C3)c1. The molecule has 0 radical (unpaired) electrons. The molecule has 0 fully saturated rings. The summed E-state index contributed by atoms with van der Waals surface area (Å²) in [4.78, 5) is 17.6. The van der Waals surface area contributed by atoms with E-state index in [1.165, 1.54) is 11.1 Å². The van der Waals surface area contributed by atoms with Crippen molar-refractivity contribution in [3.63, 3.8) is 0 Å². The number of aromatic nitrogens is 2. The number of rotatable bonds is 3. The molecule has 1 atom stereocenters. The minimum Gasteiger partial charge on any atom is -0.480 e. The van der Waals surface area contributed by atoms with Crippen molar-refractivity contribution in [1.29, 1.82) is 0 Å². The van der Waals surface area contributed by atoms with Crippen molar-refractivity contribution >= 4 is 5.97 Å². The number of carbonyl (C=O) groups is 1. The van der Waals surface area contributed by atoms with E-state index in [1.807, 2.05) is 24.3 Å². The molecular weight excluding hydrogens is 266 g/mol. The standard InChI is InChI=1S/C16H19N3O2/c1-11-4-3-5-12(6-11)8-19-10-17-13-9-18(2)15(16(20)21)7-14(13)19/h3-6,10,15H,7-9H2,1-2H3,(H,20,21)/t15-/m0/s1. The molecule has 0 saturated carbocycles. The lowest BCUT2D eigenvalue weighted by Crippen LogP contribution is -2.43.